The van der Waals surface area contributed by atoms with Crippen molar-refractivity contribution in [3.8, 4) is 0 Å². The van der Waals surface area contributed by atoms with Gasteiger partial charge in [-0.25, -0.2) is 0 Å². The van der Waals surface area contributed by atoms with Gasteiger partial charge in [0.1, 0.15) is 5.78 Å². The molecule has 3 N–H and O–H groups in total. The maximum absolute atomic E-state index is 11.7. The Morgan fingerprint density at radius 1 is 1.35 bits per heavy atom. The molecule has 0 amide bonds. The Bertz CT molecular complexity index is 441. The zero-order valence-electron chi connectivity index (χ0n) is 13.7. The molecule has 23 heavy (non-hydrogen) atoms. The van der Waals surface area contributed by atoms with E-state index in [2.05, 4.69) is 0 Å². The van der Waals surface area contributed by atoms with Gasteiger partial charge in [0, 0.05) is 24.7 Å². The van der Waals surface area contributed by atoms with Crippen LogP contribution in [-0.4, -0.2) is 39.3 Å². The molecule has 0 radical (unpaired) electrons. The van der Waals surface area contributed by atoms with Crippen molar-refractivity contribution in [1.29, 1.82) is 0 Å². The molecule has 5 nitrogen and oxygen atoms in total. The highest BCUT2D eigenvalue weighted by Gasteiger charge is 2.38. The minimum Gasteiger partial charge on any atom is -0.481 e. The van der Waals surface area contributed by atoms with E-state index in [-0.39, 0.29) is 30.5 Å². The summed E-state index contributed by atoms with van der Waals surface area (Å²) < 4.78 is 0. The van der Waals surface area contributed by atoms with Gasteiger partial charge >= 0.3 is 5.97 Å². The first-order valence-corrected chi connectivity index (χ1v) is 8.39. The molecule has 130 valence electrons. The highest BCUT2D eigenvalue weighted by atomic mass is 16.4. The summed E-state index contributed by atoms with van der Waals surface area (Å²) in [5, 5.41) is 28.3. The molecule has 0 aromatic heterocycles. The number of aliphatic carboxylic acids is 1. The van der Waals surface area contributed by atoms with E-state index < -0.39 is 18.2 Å². The standard InChI is InChI=1S/C18H28O5/c1-2-14-15(17(21)12-16(14)20)11-10-13(19)8-6-4-3-5-7-9-18(22)23/h4,6,10-11,13-15,17,19,21H,2-3,5,7-9,12H2,1H3,(H,22,23)/b6-4-,11-10+/t13-,14-,15+,17-/m1/s1. The zero-order chi connectivity index (χ0) is 17.2. The Kier molecular flexibility index (Phi) is 8.81. The lowest BCUT2D eigenvalue weighted by atomic mass is 9.91. The van der Waals surface area contributed by atoms with E-state index in [0.29, 0.717) is 19.3 Å². The lowest BCUT2D eigenvalue weighted by Gasteiger charge is -2.16. The molecule has 1 saturated carbocycles. The van der Waals surface area contributed by atoms with Crippen LogP contribution in [0.5, 0.6) is 0 Å². The number of aliphatic hydroxyl groups excluding tert-OH is 2. The van der Waals surface area contributed by atoms with Gasteiger partial charge < -0.3 is 15.3 Å². The normalized spacial score (nSPS) is 26.4. The number of carboxylic acid groups (broad SMARTS) is 1. The van der Waals surface area contributed by atoms with Crippen molar-refractivity contribution in [3.05, 3.63) is 24.3 Å². The van der Waals surface area contributed by atoms with Gasteiger partial charge in [0.15, 0.2) is 0 Å². The topological polar surface area (TPSA) is 94.8 Å². The minimum atomic E-state index is -0.771. The number of hydrogen-bond donors (Lipinski definition) is 3. The molecular weight excluding hydrogens is 296 g/mol. The Morgan fingerprint density at radius 2 is 2.09 bits per heavy atom. The van der Waals surface area contributed by atoms with E-state index in [1.165, 1.54) is 0 Å². The van der Waals surface area contributed by atoms with Gasteiger partial charge in [-0.15, -0.1) is 0 Å². The summed E-state index contributed by atoms with van der Waals surface area (Å²) in [6.45, 7) is 1.94. The smallest absolute Gasteiger partial charge is 0.303 e. The Balaban J connectivity index is 2.28. The van der Waals surface area contributed by atoms with Crippen LogP contribution in [-0.2, 0) is 9.59 Å². The second kappa shape index (κ2) is 10.3. The first-order valence-electron chi connectivity index (χ1n) is 8.39. The highest BCUT2D eigenvalue weighted by molar-refractivity contribution is 5.84. The molecule has 0 aliphatic heterocycles. The minimum absolute atomic E-state index is 0.102. The number of carbonyl (C=O) groups excluding carboxylic acids is 1. The molecule has 5 heteroatoms. The molecule has 1 aliphatic rings. The van der Waals surface area contributed by atoms with E-state index in [1.807, 2.05) is 19.1 Å². The summed E-state index contributed by atoms with van der Waals surface area (Å²) in [6, 6.07) is 0. The van der Waals surface area contributed by atoms with Gasteiger partial charge in [0.2, 0.25) is 0 Å². The van der Waals surface area contributed by atoms with Crippen LogP contribution in [0.1, 0.15) is 51.9 Å². The third-order valence-corrected chi connectivity index (χ3v) is 4.28. The number of Topliss-reactive ketones (excluding diaryl/α,β-unsaturated/α-hetero) is 1. The lowest BCUT2D eigenvalue weighted by Crippen LogP contribution is -2.18. The molecule has 0 bridgehead atoms. The molecule has 4 atom stereocenters. The number of aliphatic hydroxyl groups is 2. The van der Waals surface area contributed by atoms with Gasteiger partial charge in [-0.3, -0.25) is 9.59 Å². The maximum atomic E-state index is 11.7. The second-order valence-corrected chi connectivity index (χ2v) is 6.13. The quantitative estimate of drug-likeness (QED) is 0.424. The lowest BCUT2D eigenvalue weighted by molar-refractivity contribution is -0.137. The van der Waals surface area contributed by atoms with Crippen LogP contribution in [0.25, 0.3) is 0 Å². The SMILES string of the molecule is CC[C@H]1C(=O)C[C@@H](O)[C@H]1/C=C/[C@H](O)C/C=C\CCCCC(=O)O. The van der Waals surface area contributed by atoms with Crippen molar-refractivity contribution >= 4 is 11.8 Å². The van der Waals surface area contributed by atoms with Gasteiger partial charge in [-0.1, -0.05) is 31.2 Å². The average molecular weight is 324 g/mol. The number of allylic oxidation sites excluding steroid dienone is 1. The van der Waals surface area contributed by atoms with Crippen LogP contribution in [0.3, 0.4) is 0 Å². The van der Waals surface area contributed by atoms with Crippen LogP contribution >= 0.6 is 0 Å². The van der Waals surface area contributed by atoms with Crippen molar-refractivity contribution in [2.75, 3.05) is 0 Å². The first-order chi connectivity index (χ1) is 11.0. The maximum Gasteiger partial charge on any atom is 0.303 e. The van der Waals surface area contributed by atoms with Crippen LogP contribution in [0.2, 0.25) is 0 Å². The number of rotatable bonds is 10. The molecular formula is C18H28O5. The number of unbranched alkanes of at least 4 members (excludes halogenated alkanes) is 2. The van der Waals surface area contributed by atoms with Gasteiger partial charge in [0.25, 0.3) is 0 Å². The number of ketones is 1. The predicted molar refractivity (Wildman–Crippen MR) is 87.9 cm³/mol. The summed E-state index contributed by atoms with van der Waals surface area (Å²) in [4.78, 5) is 22.1. The van der Waals surface area contributed by atoms with Crippen LogP contribution in [0, 0.1) is 11.8 Å². The van der Waals surface area contributed by atoms with Crippen LogP contribution in [0.4, 0.5) is 0 Å². The summed E-state index contributed by atoms with van der Waals surface area (Å²) in [6.07, 6.45) is 9.85. The molecule has 0 saturated heterocycles. The van der Waals surface area contributed by atoms with Gasteiger partial charge in [-0.05, 0) is 32.1 Å². The molecule has 1 aliphatic carbocycles. The van der Waals surface area contributed by atoms with Gasteiger partial charge in [-0.2, -0.15) is 0 Å². The predicted octanol–water partition coefficient (Wildman–Crippen LogP) is 2.47. The molecule has 0 aromatic carbocycles. The molecule has 0 aromatic rings. The third-order valence-electron chi connectivity index (χ3n) is 4.28. The van der Waals surface area contributed by atoms with E-state index in [0.717, 1.165) is 12.8 Å². The Morgan fingerprint density at radius 3 is 2.74 bits per heavy atom. The van der Waals surface area contributed by atoms with Crippen molar-refractivity contribution < 1.29 is 24.9 Å². The van der Waals surface area contributed by atoms with E-state index in [4.69, 9.17) is 5.11 Å². The second-order valence-electron chi connectivity index (χ2n) is 6.13. The fourth-order valence-corrected chi connectivity index (χ4v) is 2.97. The zero-order valence-corrected chi connectivity index (χ0v) is 13.7. The average Bonchev–Trinajstić information content (AvgIpc) is 2.76. The largest absolute Gasteiger partial charge is 0.481 e. The van der Waals surface area contributed by atoms with E-state index in [1.54, 1.807) is 12.2 Å². The fraction of sp³-hybridized carbons (Fsp3) is 0.667. The first kappa shape index (κ1) is 19.6. The molecule has 1 fully saturated rings. The van der Waals surface area contributed by atoms with Crippen molar-refractivity contribution in [2.45, 2.75) is 64.1 Å². The van der Waals surface area contributed by atoms with Crippen molar-refractivity contribution in [2.24, 2.45) is 11.8 Å². The van der Waals surface area contributed by atoms with Crippen LogP contribution in [0.15, 0.2) is 24.3 Å². The van der Waals surface area contributed by atoms with E-state index in [9.17, 15) is 19.8 Å². The monoisotopic (exact) mass is 324 g/mol. The summed E-state index contributed by atoms with van der Waals surface area (Å²) in [5.74, 6) is -1.00. The van der Waals surface area contributed by atoms with Gasteiger partial charge in [0.05, 0.1) is 12.2 Å². The fourth-order valence-electron chi connectivity index (χ4n) is 2.97. The van der Waals surface area contributed by atoms with Crippen molar-refractivity contribution in [3.63, 3.8) is 0 Å². The molecule has 0 unspecified atom stereocenters. The molecule has 0 heterocycles. The molecule has 1 rings (SSSR count). The number of carboxylic acids is 1. The summed E-state index contributed by atoms with van der Waals surface area (Å²) in [7, 11) is 0. The Hall–Kier alpha value is -1.46. The number of hydrogen-bond acceptors (Lipinski definition) is 4. The number of carbonyl (C=O) groups is 2. The Labute approximate surface area is 137 Å². The van der Waals surface area contributed by atoms with E-state index >= 15 is 0 Å². The van der Waals surface area contributed by atoms with Crippen molar-refractivity contribution in [1.82, 2.24) is 0 Å². The molecule has 0 spiro atoms. The third kappa shape index (κ3) is 7.10. The summed E-state index contributed by atoms with van der Waals surface area (Å²) >= 11 is 0. The summed E-state index contributed by atoms with van der Waals surface area (Å²) in [5.41, 5.74) is 0. The highest BCUT2D eigenvalue weighted by Crippen LogP contribution is 2.32. The van der Waals surface area contributed by atoms with Crippen LogP contribution < -0.4 is 0 Å².